The molecule has 1 aromatic carbocycles. The minimum atomic E-state index is -0.509. The lowest BCUT2D eigenvalue weighted by atomic mass is 9.98. The second-order valence-corrected chi connectivity index (χ2v) is 4.90. The van der Waals surface area contributed by atoms with Crippen LogP contribution >= 0.6 is 0 Å². The second-order valence-electron chi connectivity index (χ2n) is 4.90. The summed E-state index contributed by atoms with van der Waals surface area (Å²) >= 11 is 0. The van der Waals surface area contributed by atoms with Gasteiger partial charge >= 0.3 is 0 Å². The number of halogens is 2. The molecule has 2 aromatic rings. The summed E-state index contributed by atoms with van der Waals surface area (Å²) in [5, 5.41) is 0. The number of rotatable bonds is 1. The van der Waals surface area contributed by atoms with Gasteiger partial charge in [-0.15, -0.1) is 0 Å². The van der Waals surface area contributed by atoms with Crippen molar-refractivity contribution < 1.29 is 13.6 Å². The Balaban J connectivity index is 1.89. The molecule has 1 N–H and O–H groups in total. The van der Waals surface area contributed by atoms with Gasteiger partial charge in [0.25, 0.3) is 5.91 Å². The van der Waals surface area contributed by atoms with Crippen LogP contribution in [0.4, 0.5) is 8.78 Å². The molecular weight excluding hydrogens is 278 g/mol. The van der Waals surface area contributed by atoms with Crippen molar-refractivity contribution in [2.45, 2.75) is 13.0 Å². The summed E-state index contributed by atoms with van der Waals surface area (Å²) in [5.74, 6) is -1.27. The second kappa shape index (κ2) is 5.12. The van der Waals surface area contributed by atoms with E-state index in [0.29, 0.717) is 17.7 Å². The third kappa shape index (κ3) is 2.44. The summed E-state index contributed by atoms with van der Waals surface area (Å²) < 4.78 is 27.4. The third-order valence-electron chi connectivity index (χ3n) is 3.62. The Hall–Kier alpha value is -2.50. The van der Waals surface area contributed by atoms with Crippen LogP contribution in [0.2, 0.25) is 0 Å². The van der Waals surface area contributed by atoms with Gasteiger partial charge in [-0.1, -0.05) is 0 Å². The van der Waals surface area contributed by atoms with Crippen molar-refractivity contribution in [3.8, 4) is 0 Å². The molecule has 3 rings (SSSR count). The molecule has 1 aliphatic heterocycles. The smallest absolute Gasteiger partial charge is 0.255 e. The topological polar surface area (TPSA) is 53.2 Å². The first kappa shape index (κ1) is 13.5. The van der Waals surface area contributed by atoms with E-state index >= 15 is 0 Å². The average Bonchev–Trinajstić information content (AvgIpc) is 2.51. The predicted octanol–water partition coefficient (Wildman–Crippen LogP) is 1.85. The first-order chi connectivity index (χ1) is 10.1. The van der Waals surface area contributed by atoms with E-state index < -0.39 is 11.6 Å². The number of fused-ring (bicyclic) bond motifs is 1. The van der Waals surface area contributed by atoms with Crippen LogP contribution in [0.15, 0.2) is 35.3 Å². The number of nitrogens with one attached hydrogen (secondary N) is 1. The maximum Gasteiger partial charge on any atom is 0.255 e. The van der Waals surface area contributed by atoms with Crippen molar-refractivity contribution in [3.63, 3.8) is 0 Å². The Labute approximate surface area is 119 Å². The van der Waals surface area contributed by atoms with E-state index in [1.807, 2.05) is 0 Å². The van der Waals surface area contributed by atoms with E-state index in [1.54, 1.807) is 0 Å². The zero-order valence-corrected chi connectivity index (χ0v) is 11.0. The van der Waals surface area contributed by atoms with Gasteiger partial charge in [0.05, 0.1) is 5.56 Å². The van der Waals surface area contributed by atoms with E-state index in [2.05, 4.69) is 4.98 Å². The Morgan fingerprint density at radius 2 is 1.81 bits per heavy atom. The molecule has 108 valence electrons. The number of aromatic amines is 1. The van der Waals surface area contributed by atoms with Gasteiger partial charge in [0, 0.05) is 30.9 Å². The van der Waals surface area contributed by atoms with E-state index in [0.717, 1.165) is 12.1 Å². The minimum absolute atomic E-state index is 0.0247. The lowest BCUT2D eigenvalue weighted by molar-refractivity contribution is 0.0731. The number of hydrogen-bond donors (Lipinski definition) is 1. The Morgan fingerprint density at radius 1 is 1.10 bits per heavy atom. The van der Waals surface area contributed by atoms with E-state index in [9.17, 15) is 18.4 Å². The van der Waals surface area contributed by atoms with Crippen LogP contribution in [0, 0.1) is 11.6 Å². The summed E-state index contributed by atoms with van der Waals surface area (Å²) in [6.07, 6.45) is 1.59. The van der Waals surface area contributed by atoms with Gasteiger partial charge in [-0.25, -0.2) is 8.78 Å². The highest BCUT2D eigenvalue weighted by atomic mass is 19.1. The normalized spacial score (nSPS) is 13.9. The summed E-state index contributed by atoms with van der Waals surface area (Å²) in [7, 11) is 0. The molecule has 1 amide bonds. The van der Waals surface area contributed by atoms with Crippen molar-refractivity contribution in [1.82, 2.24) is 9.88 Å². The fraction of sp³-hybridized carbons (Fsp3) is 0.200. The number of H-pyrrole nitrogens is 1. The molecule has 0 fully saturated rings. The predicted molar refractivity (Wildman–Crippen MR) is 71.9 cm³/mol. The standard InChI is InChI=1S/C15H12F2N2O2/c16-12-2-3-13(17)11-8-19(6-5-10(11)12)15(21)9-1-4-14(20)18-7-9/h1-4,7H,5-6,8H2,(H,18,20). The number of nitrogens with zero attached hydrogens (tertiary/aromatic N) is 1. The van der Waals surface area contributed by atoms with Gasteiger partial charge in [-0.3, -0.25) is 9.59 Å². The first-order valence-corrected chi connectivity index (χ1v) is 6.50. The lowest BCUT2D eigenvalue weighted by Crippen LogP contribution is -2.37. The van der Waals surface area contributed by atoms with Crippen molar-refractivity contribution >= 4 is 5.91 Å². The molecule has 0 saturated heterocycles. The molecule has 21 heavy (non-hydrogen) atoms. The molecule has 0 bridgehead atoms. The molecule has 0 unspecified atom stereocenters. The van der Waals surface area contributed by atoms with Gasteiger partial charge in [-0.2, -0.15) is 0 Å². The number of carbonyl (C=O) groups excluding carboxylic acids is 1. The average molecular weight is 290 g/mol. The number of benzene rings is 1. The van der Waals surface area contributed by atoms with Gasteiger partial charge < -0.3 is 9.88 Å². The van der Waals surface area contributed by atoms with Crippen molar-refractivity contribution in [3.05, 3.63) is 69.1 Å². The number of hydrogen-bond acceptors (Lipinski definition) is 2. The minimum Gasteiger partial charge on any atom is -0.334 e. The van der Waals surface area contributed by atoms with Gasteiger partial charge in [0.2, 0.25) is 5.56 Å². The van der Waals surface area contributed by atoms with Crippen LogP contribution in [0.1, 0.15) is 21.5 Å². The number of amides is 1. The van der Waals surface area contributed by atoms with E-state index in [1.165, 1.54) is 23.2 Å². The summed E-state index contributed by atoms with van der Waals surface area (Å²) in [6, 6.07) is 4.85. The molecule has 1 aliphatic rings. The molecule has 0 saturated carbocycles. The van der Waals surface area contributed by atoms with Crippen LogP contribution < -0.4 is 5.56 Å². The van der Waals surface area contributed by atoms with Crippen LogP contribution in [-0.4, -0.2) is 22.3 Å². The molecule has 0 aliphatic carbocycles. The number of aromatic nitrogens is 1. The highest BCUT2D eigenvalue weighted by Gasteiger charge is 2.26. The zero-order chi connectivity index (χ0) is 15.0. The quantitative estimate of drug-likeness (QED) is 0.871. The highest BCUT2D eigenvalue weighted by Crippen LogP contribution is 2.25. The van der Waals surface area contributed by atoms with Gasteiger partial charge in [0.15, 0.2) is 0 Å². The highest BCUT2D eigenvalue weighted by molar-refractivity contribution is 5.94. The van der Waals surface area contributed by atoms with Gasteiger partial charge in [-0.05, 0) is 30.2 Å². The van der Waals surface area contributed by atoms with Crippen LogP contribution in [0.3, 0.4) is 0 Å². The third-order valence-corrected chi connectivity index (χ3v) is 3.62. The van der Waals surface area contributed by atoms with Gasteiger partial charge in [0.1, 0.15) is 11.6 Å². The largest absolute Gasteiger partial charge is 0.334 e. The Kier molecular flexibility index (Phi) is 3.29. The van der Waals surface area contributed by atoms with Crippen LogP contribution in [0.25, 0.3) is 0 Å². The fourth-order valence-corrected chi connectivity index (χ4v) is 2.49. The molecule has 0 radical (unpaired) electrons. The van der Waals surface area contributed by atoms with Crippen LogP contribution in [-0.2, 0) is 13.0 Å². The molecule has 0 spiro atoms. The van der Waals surface area contributed by atoms with Crippen molar-refractivity contribution in [1.29, 1.82) is 0 Å². The Bertz CT molecular complexity index is 750. The lowest BCUT2D eigenvalue weighted by Gasteiger charge is -2.29. The summed E-state index contributed by atoms with van der Waals surface area (Å²) in [4.78, 5) is 27.2. The molecule has 4 nitrogen and oxygen atoms in total. The fourth-order valence-electron chi connectivity index (χ4n) is 2.49. The Morgan fingerprint density at radius 3 is 2.48 bits per heavy atom. The summed E-state index contributed by atoms with van der Waals surface area (Å²) in [5.41, 5.74) is 0.568. The molecular formula is C15H12F2N2O2. The van der Waals surface area contributed by atoms with Crippen molar-refractivity contribution in [2.75, 3.05) is 6.54 Å². The van der Waals surface area contributed by atoms with E-state index in [-0.39, 0.29) is 30.0 Å². The SMILES string of the molecule is O=C(c1ccc(=O)[nH]c1)N1CCc2c(F)ccc(F)c2C1. The van der Waals surface area contributed by atoms with E-state index in [4.69, 9.17) is 0 Å². The van der Waals surface area contributed by atoms with Crippen molar-refractivity contribution in [2.24, 2.45) is 0 Å². The monoisotopic (exact) mass is 290 g/mol. The number of carbonyl (C=O) groups is 1. The first-order valence-electron chi connectivity index (χ1n) is 6.50. The van der Waals surface area contributed by atoms with Crippen LogP contribution in [0.5, 0.6) is 0 Å². The number of pyridine rings is 1. The maximum atomic E-state index is 13.8. The molecule has 1 aromatic heterocycles. The zero-order valence-electron chi connectivity index (χ0n) is 11.0. The molecule has 6 heteroatoms. The summed E-state index contributed by atoms with van der Waals surface area (Å²) in [6.45, 7) is 0.336. The molecule has 0 atom stereocenters. The molecule has 2 heterocycles. The maximum absolute atomic E-state index is 13.8.